The quantitative estimate of drug-likeness (QED) is 0.664. The summed E-state index contributed by atoms with van der Waals surface area (Å²) in [6.45, 7) is 5.49. The molecule has 3 aromatic rings. The molecular weight excluding hydrogens is 356 g/mol. The Labute approximate surface area is 163 Å². The van der Waals surface area contributed by atoms with Crippen molar-refractivity contribution in [1.82, 2.24) is 9.88 Å². The highest BCUT2D eigenvalue weighted by Crippen LogP contribution is 2.38. The van der Waals surface area contributed by atoms with E-state index in [1.165, 1.54) is 4.90 Å². The topological polar surface area (TPSA) is 71.6 Å². The van der Waals surface area contributed by atoms with Gasteiger partial charge in [-0.1, -0.05) is 24.3 Å². The third-order valence-electron chi connectivity index (χ3n) is 4.69. The van der Waals surface area contributed by atoms with E-state index in [2.05, 4.69) is 4.98 Å². The molecule has 0 spiro atoms. The summed E-state index contributed by atoms with van der Waals surface area (Å²) in [5.41, 5.74) is 3.03. The number of carbonyl (C=O) groups is 2. The van der Waals surface area contributed by atoms with Crippen molar-refractivity contribution in [2.45, 2.75) is 32.9 Å². The van der Waals surface area contributed by atoms with Crippen molar-refractivity contribution in [2.75, 3.05) is 7.11 Å². The molecule has 1 aliphatic heterocycles. The van der Waals surface area contributed by atoms with Gasteiger partial charge < -0.3 is 14.5 Å². The molecule has 1 aliphatic rings. The van der Waals surface area contributed by atoms with Gasteiger partial charge in [-0.25, -0.2) is 9.69 Å². The number of benzene rings is 2. The first-order chi connectivity index (χ1) is 13.3. The minimum absolute atomic E-state index is 0.151. The molecule has 0 atom stereocenters. The van der Waals surface area contributed by atoms with Crippen molar-refractivity contribution < 1.29 is 19.1 Å². The van der Waals surface area contributed by atoms with Crippen LogP contribution < -0.4 is 4.74 Å². The highest BCUT2D eigenvalue weighted by molar-refractivity contribution is 6.16. The number of nitrogens with zero attached hydrogens (tertiary/aromatic N) is 1. The van der Waals surface area contributed by atoms with Gasteiger partial charge in [-0.15, -0.1) is 0 Å². The van der Waals surface area contributed by atoms with Crippen LogP contribution in [-0.2, 0) is 11.3 Å². The lowest BCUT2D eigenvalue weighted by atomic mass is 10.0. The predicted octanol–water partition coefficient (Wildman–Crippen LogP) is 4.73. The molecule has 0 unspecified atom stereocenters. The number of H-pyrrole nitrogens is 1. The van der Waals surface area contributed by atoms with E-state index in [-0.39, 0.29) is 12.5 Å². The maximum absolute atomic E-state index is 13.5. The van der Waals surface area contributed by atoms with Crippen LogP contribution in [0.5, 0.6) is 5.75 Å². The molecule has 144 valence electrons. The summed E-state index contributed by atoms with van der Waals surface area (Å²) in [5, 5.41) is 0.713. The Bertz CT molecular complexity index is 1090. The second-order valence-electron chi connectivity index (χ2n) is 7.82. The van der Waals surface area contributed by atoms with E-state index in [1.54, 1.807) is 27.9 Å². The van der Waals surface area contributed by atoms with Crippen LogP contribution in [0, 0.1) is 0 Å². The Morgan fingerprint density at radius 2 is 1.89 bits per heavy atom. The maximum atomic E-state index is 13.5. The molecule has 6 heteroatoms. The van der Waals surface area contributed by atoms with Crippen molar-refractivity contribution in [2.24, 2.45) is 0 Å². The van der Waals surface area contributed by atoms with Crippen molar-refractivity contribution >= 4 is 22.9 Å². The van der Waals surface area contributed by atoms with Crippen LogP contribution in [-0.4, -0.2) is 34.6 Å². The normalized spacial score (nSPS) is 13.7. The smallest absolute Gasteiger partial charge is 0.417 e. The fourth-order valence-electron chi connectivity index (χ4n) is 3.47. The van der Waals surface area contributed by atoms with Crippen LogP contribution in [0.1, 0.15) is 36.7 Å². The molecule has 28 heavy (non-hydrogen) atoms. The number of aromatic nitrogens is 1. The number of amides is 2. The summed E-state index contributed by atoms with van der Waals surface area (Å²) in [6.07, 6.45) is -0.655. The molecule has 0 bridgehead atoms. The second kappa shape index (κ2) is 6.41. The monoisotopic (exact) mass is 378 g/mol. The number of imide groups is 1. The zero-order valence-electron chi connectivity index (χ0n) is 16.3. The Morgan fingerprint density at radius 1 is 1.14 bits per heavy atom. The summed E-state index contributed by atoms with van der Waals surface area (Å²) in [7, 11) is 1.58. The van der Waals surface area contributed by atoms with E-state index in [1.807, 2.05) is 42.5 Å². The fourth-order valence-corrected chi connectivity index (χ4v) is 3.47. The number of aromatic amines is 1. The Kier molecular flexibility index (Phi) is 4.14. The third-order valence-corrected chi connectivity index (χ3v) is 4.69. The molecule has 1 aromatic heterocycles. The SMILES string of the molecule is COc1ccc2[nH]c3c(c2c1)C(=O)N(C(=O)OC(C)(C)C)Cc1ccccc1-3. The first-order valence-electron chi connectivity index (χ1n) is 9.11. The van der Waals surface area contributed by atoms with E-state index in [0.717, 1.165) is 16.6 Å². The molecule has 1 N–H and O–H groups in total. The Morgan fingerprint density at radius 3 is 2.61 bits per heavy atom. The third kappa shape index (κ3) is 3.01. The van der Waals surface area contributed by atoms with Gasteiger partial charge in [0, 0.05) is 16.5 Å². The molecule has 2 heterocycles. The molecule has 4 rings (SSSR count). The summed E-state index contributed by atoms with van der Waals surface area (Å²) in [4.78, 5) is 30.8. The zero-order valence-corrected chi connectivity index (χ0v) is 16.3. The fraction of sp³-hybridized carbons (Fsp3) is 0.273. The van der Waals surface area contributed by atoms with E-state index in [9.17, 15) is 9.59 Å². The van der Waals surface area contributed by atoms with Crippen molar-refractivity contribution in [3.05, 3.63) is 53.6 Å². The number of hydrogen-bond acceptors (Lipinski definition) is 4. The van der Waals surface area contributed by atoms with Crippen molar-refractivity contribution in [1.29, 1.82) is 0 Å². The number of ether oxygens (including phenoxy) is 2. The number of hydrogen-bond donors (Lipinski definition) is 1. The molecule has 0 aliphatic carbocycles. The van der Waals surface area contributed by atoms with Gasteiger partial charge in [-0.2, -0.15) is 0 Å². The maximum Gasteiger partial charge on any atom is 0.417 e. The van der Waals surface area contributed by atoms with Crippen molar-refractivity contribution in [3.8, 4) is 17.0 Å². The average Bonchev–Trinajstić information content (AvgIpc) is 2.97. The van der Waals surface area contributed by atoms with Crippen LogP contribution in [0.25, 0.3) is 22.2 Å². The zero-order chi connectivity index (χ0) is 20.1. The lowest BCUT2D eigenvalue weighted by molar-refractivity contribution is 0.0230. The van der Waals surface area contributed by atoms with Gasteiger partial charge in [0.15, 0.2) is 0 Å². The highest BCUT2D eigenvalue weighted by Gasteiger charge is 2.35. The second-order valence-corrected chi connectivity index (χ2v) is 7.82. The lowest BCUT2D eigenvalue weighted by Crippen LogP contribution is -2.39. The van der Waals surface area contributed by atoms with Crippen LogP contribution in [0.2, 0.25) is 0 Å². The lowest BCUT2D eigenvalue weighted by Gasteiger charge is -2.25. The number of nitrogens with one attached hydrogen (secondary N) is 1. The van der Waals surface area contributed by atoms with Gasteiger partial charge in [-0.05, 0) is 44.5 Å². The minimum atomic E-state index is -0.699. The van der Waals surface area contributed by atoms with Gasteiger partial charge >= 0.3 is 6.09 Å². The molecule has 0 fully saturated rings. The first-order valence-corrected chi connectivity index (χ1v) is 9.11. The molecule has 2 amide bonds. The average molecular weight is 378 g/mol. The molecule has 6 nitrogen and oxygen atoms in total. The Balaban J connectivity index is 1.94. The highest BCUT2D eigenvalue weighted by atomic mass is 16.6. The number of carbonyl (C=O) groups excluding carboxylic acids is 2. The van der Waals surface area contributed by atoms with E-state index in [4.69, 9.17) is 9.47 Å². The van der Waals surface area contributed by atoms with Crippen LogP contribution in [0.4, 0.5) is 4.79 Å². The molecule has 2 aromatic carbocycles. The number of rotatable bonds is 1. The molecular formula is C22H22N2O4. The molecule has 0 radical (unpaired) electrons. The van der Waals surface area contributed by atoms with Gasteiger partial charge in [-0.3, -0.25) is 4.79 Å². The summed E-state index contributed by atoms with van der Waals surface area (Å²) in [6, 6.07) is 13.2. The number of fused-ring (bicyclic) bond motifs is 5. The van der Waals surface area contributed by atoms with Gasteiger partial charge in [0.25, 0.3) is 5.91 Å². The Hall–Kier alpha value is -3.28. The van der Waals surface area contributed by atoms with E-state index < -0.39 is 11.7 Å². The molecule has 0 saturated carbocycles. The molecule has 0 saturated heterocycles. The minimum Gasteiger partial charge on any atom is -0.497 e. The summed E-state index contributed by atoms with van der Waals surface area (Å²) >= 11 is 0. The van der Waals surface area contributed by atoms with Crippen LogP contribution >= 0.6 is 0 Å². The van der Waals surface area contributed by atoms with Crippen molar-refractivity contribution in [3.63, 3.8) is 0 Å². The standard InChI is InChI=1S/C22H22N2O4/c1-22(2,3)28-21(26)24-12-13-7-5-6-8-15(13)19-18(20(24)25)16-11-14(27-4)9-10-17(16)23-19/h5-11,23H,12H2,1-4H3. The summed E-state index contributed by atoms with van der Waals surface area (Å²) in [5.74, 6) is 0.253. The van der Waals surface area contributed by atoms with E-state index in [0.29, 0.717) is 22.4 Å². The number of methoxy groups -OCH3 is 1. The van der Waals surface area contributed by atoms with Crippen LogP contribution in [0.15, 0.2) is 42.5 Å². The summed E-state index contributed by atoms with van der Waals surface area (Å²) < 4.78 is 10.8. The van der Waals surface area contributed by atoms with Crippen LogP contribution in [0.3, 0.4) is 0 Å². The largest absolute Gasteiger partial charge is 0.497 e. The predicted molar refractivity (Wildman–Crippen MR) is 106 cm³/mol. The van der Waals surface area contributed by atoms with Gasteiger partial charge in [0.2, 0.25) is 0 Å². The van der Waals surface area contributed by atoms with Gasteiger partial charge in [0.1, 0.15) is 11.4 Å². The first kappa shape index (κ1) is 18.1. The van der Waals surface area contributed by atoms with E-state index >= 15 is 0 Å². The van der Waals surface area contributed by atoms with Gasteiger partial charge in [0.05, 0.1) is 24.9 Å².